The third kappa shape index (κ3) is 3.95. The Kier molecular flexibility index (Phi) is 5.26. The van der Waals surface area contributed by atoms with Crippen molar-refractivity contribution < 1.29 is 4.79 Å². The van der Waals surface area contributed by atoms with Crippen LogP contribution in [0.15, 0.2) is 18.2 Å². The fourth-order valence-electron chi connectivity index (χ4n) is 2.51. The van der Waals surface area contributed by atoms with E-state index in [-0.39, 0.29) is 5.78 Å². The molecule has 2 rings (SSSR count). The molecule has 19 heavy (non-hydrogen) atoms. The van der Waals surface area contributed by atoms with E-state index in [1.165, 1.54) is 25.7 Å². The molecule has 0 aromatic heterocycles. The third-order valence-corrected chi connectivity index (χ3v) is 4.52. The number of rotatable bonds is 3. The third-order valence-electron chi connectivity index (χ3n) is 3.78. The molecule has 1 fully saturated rings. The van der Waals surface area contributed by atoms with E-state index in [0.717, 1.165) is 6.54 Å². The number of ketones is 1. The lowest BCUT2D eigenvalue weighted by Gasteiger charge is -2.26. The predicted octanol–water partition coefficient (Wildman–Crippen LogP) is 4.44. The SMILES string of the molecule is CC1CCCCCN1CC(=O)c1ccc(Cl)c(Cl)c1. The highest BCUT2D eigenvalue weighted by atomic mass is 35.5. The van der Waals surface area contributed by atoms with Crippen molar-refractivity contribution in [2.75, 3.05) is 13.1 Å². The Morgan fingerprint density at radius 2 is 2.05 bits per heavy atom. The minimum absolute atomic E-state index is 0.118. The Morgan fingerprint density at radius 3 is 2.79 bits per heavy atom. The molecule has 1 heterocycles. The summed E-state index contributed by atoms with van der Waals surface area (Å²) in [4.78, 5) is 14.6. The Balaban J connectivity index is 2.05. The van der Waals surface area contributed by atoms with Gasteiger partial charge in [0.1, 0.15) is 0 Å². The summed E-state index contributed by atoms with van der Waals surface area (Å²) in [6.45, 7) is 3.68. The summed E-state index contributed by atoms with van der Waals surface area (Å²) in [5.74, 6) is 0.118. The number of halogens is 2. The van der Waals surface area contributed by atoms with Crippen molar-refractivity contribution >= 4 is 29.0 Å². The van der Waals surface area contributed by atoms with Crippen LogP contribution in [-0.4, -0.2) is 29.8 Å². The van der Waals surface area contributed by atoms with Gasteiger partial charge in [-0.1, -0.05) is 36.0 Å². The molecular formula is C15H19Cl2NO. The molecule has 0 saturated carbocycles. The number of carbonyl (C=O) groups is 1. The van der Waals surface area contributed by atoms with Gasteiger partial charge < -0.3 is 0 Å². The van der Waals surface area contributed by atoms with E-state index in [1.54, 1.807) is 18.2 Å². The summed E-state index contributed by atoms with van der Waals surface area (Å²) in [5.41, 5.74) is 0.644. The maximum absolute atomic E-state index is 12.3. The quantitative estimate of drug-likeness (QED) is 0.769. The van der Waals surface area contributed by atoms with Crippen LogP contribution in [0.1, 0.15) is 43.0 Å². The minimum Gasteiger partial charge on any atom is -0.293 e. The van der Waals surface area contributed by atoms with Crippen molar-refractivity contribution in [2.45, 2.75) is 38.6 Å². The number of hydrogen-bond donors (Lipinski definition) is 0. The molecule has 0 N–H and O–H groups in total. The molecule has 1 atom stereocenters. The molecule has 2 nitrogen and oxygen atoms in total. The number of benzene rings is 1. The van der Waals surface area contributed by atoms with E-state index in [1.807, 2.05) is 0 Å². The van der Waals surface area contributed by atoms with Gasteiger partial charge in [0.2, 0.25) is 0 Å². The van der Waals surface area contributed by atoms with Crippen molar-refractivity contribution in [3.8, 4) is 0 Å². The number of carbonyl (C=O) groups excluding carboxylic acids is 1. The summed E-state index contributed by atoms with van der Waals surface area (Å²) in [6, 6.07) is 5.57. The van der Waals surface area contributed by atoms with Crippen LogP contribution in [0.5, 0.6) is 0 Å². The van der Waals surface area contributed by atoms with Gasteiger partial charge in [0.25, 0.3) is 0 Å². The van der Waals surface area contributed by atoms with Gasteiger partial charge in [-0.15, -0.1) is 0 Å². The standard InChI is InChI=1S/C15H19Cl2NO/c1-11-5-3-2-4-8-18(11)10-15(19)12-6-7-13(16)14(17)9-12/h6-7,9,11H,2-5,8,10H2,1H3. The lowest BCUT2D eigenvalue weighted by atomic mass is 10.1. The summed E-state index contributed by atoms with van der Waals surface area (Å²) in [6.07, 6.45) is 4.88. The van der Waals surface area contributed by atoms with E-state index in [4.69, 9.17) is 23.2 Å². The Hall–Kier alpha value is -0.570. The Labute approximate surface area is 124 Å². The molecule has 4 heteroatoms. The summed E-state index contributed by atoms with van der Waals surface area (Å²) >= 11 is 11.8. The molecule has 0 amide bonds. The molecule has 0 radical (unpaired) electrons. The van der Waals surface area contributed by atoms with Crippen LogP contribution in [0, 0.1) is 0 Å². The molecule has 1 aliphatic rings. The molecule has 0 spiro atoms. The van der Waals surface area contributed by atoms with Crippen molar-refractivity contribution in [2.24, 2.45) is 0 Å². The zero-order valence-corrected chi connectivity index (χ0v) is 12.7. The fraction of sp³-hybridized carbons (Fsp3) is 0.533. The first-order valence-electron chi connectivity index (χ1n) is 6.80. The lowest BCUT2D eigenvalue weighted by Crippen LogP contribution is -2.37. The summed E-state index contributed by atoms with van der Waals surface area (Å²) in [5, 5.41) is 0.929. The minimum atomic E-state index is 0.118. The van der Waals surface area contributed by atoms with Crippen molar-refractivity contribution in [1.29, 1.82) is 0 Å². The second kappa shape index (κ2) is 6.74. The first-order chi connectivity index (χ1) is 9.08. The zero-order valence-electron chi connectivity index (χ0n) is 11.2. The van der Waals surface area contributed by atoms with Gasteiger partial charge in [0, 0.05) is 11.6 Å². The fourth-order valence-corrected chi connectivity index (χ4v) is 2.81. The molecular weight excluding hydrogens is 281 g/mol. The van der Waals surface area contributed by atoms with E-state index < -0.39 is 0 Å². The van der Waals surface area contributed by atoms with Gasteiger partial charge in [0.05, 0.1) is 16.6 Å². The van der Waals surface area contributed by atoms with Crippen LogP contribution in [-0.2, 0) is 0 Å². The van der Waals surface area contributed by atoms with Crippen LogP contribution in [0.3, 0.4) is 0 Å². The van der Waals surface area contributed by atoms with Gasteiger partial charge >= 0.3 is 0 Å². The van der Waals surface area contributed by atoms with Crippen LogP contribution in [0.4, 0.5) is 0 Å². The lowest BCUT2D eigenvalue weighted by molar-refractivity contribution is 0.0901. The van der Waals surface area contributed by atoms with E-state index in [9.17, 15) is 4.79 Å². The van der Waals surface area contributed by atoms with Gasteiger partial charge in [-0.05, 0) is 44.5 Å². The average molecular weight is 300 g/mol. The topological polar surface area (TPSA) is 20.3 Å². The van der Waals surface area contributed by atoms with Crippen molar-refractivity contribution in [3.05, 3.63) is 33.8 Å². The zero-order chi connectivity index (χ0) is 13.8. The van der Waals surface area contributed by atoms with E-state index >= 15 is 0 Å². The predicted molar refractivity (Wildman–Crippen MR) is 80.3 cm³/mol. The van der Waals surface area contributed by atoms with Gasteiger partial charge in [-0.2, -0.15) is 0 Å². The highest BCUT2D eigenvalue weighted by molar-refractivity contribution is 6.42. The molecule has 0 bridgehead atoms. The molecule has 0 aliphatic carbocycles. The number of Topliss-reactive ketones (excluding diaryl/α,β-unsaturated/α-hetero) is 1. The average Bonchev–Trinajstić information content (AvgIpc) is 2.58. The maximum atomic E-state index is 12.3. The smallest absolute Gasteiger partial charge is 0.176 e. The molecule has 1 aliphatic heterocycles. The first kappa shape index (κ1) is 14.8. The van der Waals surface area contributed by atoms with Gasteiger partial charge in [-0.3, -0.25) is 9.69 Å². The first-order valence-corrected chi connectivity index (χ1v) is 7.56. The normalized spacial score (nSPS) is 21.1. The highest BCUT2D eigenvalue weighted by Crippen LogP contribution is 2.23. The van der Waals surface area contributed by atoms with Crippen molar-refractivity contribution in [1.82, 2.24) is 4.90 Å². The molecule has 1 aromatic carbocycles. The van der Waals surface area contributed by atoms with Crippen LogP contribution >= 0.6 is 23.2 Å². The number of likely N-dealkylation sites (tertiary alicyclic amines) is 1. The number of hydrogen-bond acceptors (Lipinski definition) is 2. The highest BCUT2D eigenvalue weighted by Gasteiger charge is 2.20. The van der Waals surface area contributed by atoms with Gasteiger partial charge in [0.15, 0.2) is 5.78 Å². The van der Waals surface area contributed by atoms with E-state index in [2.05, 4.69) is 11.8 Å². The van der Waals surface area contributed by atoms with E-state index in [0.29, 0.717) is 28.2 Å². The second-order valence-corrected chi connectivity index (χ2v) is 6.04. The number of nitrogens with zero attached hydrogens (tertiary/aromatic N) is 1. The molecule has 104 valence electrons. The monoisotopic (exact) mass is 299 g/mol. The molecule has 1 aromatic rings. The van der Waals surface area contributed by atoms with Crippen molar-refractivity contribution in [3.63, 3.8) is 0 Å². The maximum Gasteiger partial charge on any atom is 0.176 e. The summed E-state index contributed by atoms with van der Waals surface area (Å²) < 4.78 is 0. The Morgan fingerprint density at radius 1 is 1.26 bits per heavy atom. The largest absolute Gasteiger partial charge is 0.293 e. The molecule has 1 saturated heterocycles. The van der Waals surface area contributed by atoms with Gasteiger partial charge in [-0.25, -0.2) is 0 Å². The second-order valence-electron chi connectivity index (χ2n) is 5.22. The summed E-state index contributed by atoms with van der Waals surface area (Å²) in [7, 11) is 0. The van der Waals surface area contributed by atoms with Crippen LogP contribution < -0.4 is 0 Å². The van der Waals surface area contributed by atoms with Crippen LogP contribution in [0.25, 0.3) is 0 Å². The molecule has 1 unspecified atom stereocenters. The Bertz CT molecular complexity index is 461. The van der Waals surface area contributed by atoms with Crippen LogP contribution in [0.2, 0.25) is 10.0 Å².